The fourth-order valence-corrected chi connectivity index (χ4v) is 7.56. The van der Waals surface area contributed by atoms with E-state index in [-0.39, 0.29) is 29.7 Å². The van der Waals surface area contributed by atoms with E-state index in [1.807, 2.05) is 42.5 Å². The molecule has 0 spiro atoms. The lowest BCUT2D eigenvalue weighted by atomic mass is 9.85. The molecule has 238 valence electrons. The van der Waals surface area contributed by atoms with Gasteiger partial charge >= 0.3 is 0 Å². The summed E-state index contributed by atoms with van der Waals surface area (Å²) in [5, 5.41) is 6.66. The highest BCUT2D eigenvalue weighted by Gasteiger charge is 2.19. The summed E-state index contributed by atoms with van der Waals surface area (Å²) in [7, 11) is 0. The van der Waals surface area contributed by atoms with Crippen LogP contribution < -0.4 is 0 Å². The molecule has 0 saturated carbocycles. The molecule has 0 N–H and O–H groups in total. The molecule has 0 aliphatic heterocycles. The van der Waals surface area contributed by atoms with E-state index in [0.717, 1.165) is 71.9 Å². The molecule has 0 bridgehead atoms. The highest BCUT2D eigenvalue weighted by Crippen LogP contribution is 2.44. The Morgan fingerprint density at radius 3 is 1.73 bits per heavy atom. The van der Waals surface area contributed by atoms with Gasteiger partial charge in [0.2, 0.25) is 0 Å². The van der Waals surface area contributed by atoms with Crippen LogP contribution in [0.3, 0.4) is 0 Å². The van der Waals surface area contributed by atoms with Crippen molar-refractivity contribution in [2.24, 2.45) is 0 Å². The molecule has 0 unspecified atom stereocenters. The first-order chi connectivity index (χ1) is 27.4. The monoisotopic (exact) mass is 653 g/mol. The molecule has 1 heterocycles. The predicted octanol–water partition coefficient (Wildman–Crippen LogP) is 13.2. The molecule has 9 aromatic carbocycles. The first-order valence-electron chi connectivity index (χ1n) is 19.6. The van der Waals surface area contributed by atoms with Crippen LogP contribution in [0.4, 0.5) is 0 Å². The van der Waals surface area contributed by atoms with Gasteiger partial charge in [-0.25, -0.2) is 4.98 Å². The van der Waals surface area contributed by atoms with Crippen molar-refractivity contribution in [3.8, 4) is 50.5 Å². The fourth-order valence-electron chi connectivity index (χ4n) is 7.56. The SMILES string of the molecule is [2H]c1c([2H])c([2H])c(-c2cccc(-c3c4ccccc4c(-c4ccc(-c5nc6ccccc6n5-c5ccc6ccccc6c5)cc4)c4ccccc34)c2)c([2H])c1[2H]. The zero-order valence-electron chi connectivity index (χ0n) is 32.5. The second-order valence-corrected chi connectivity index (χ2v) is 12.8. The van der Waals surface area contributed by atoms with Gasteiger partial charge in [-0.05, 0) is 96.0 Å². The third-order valence-electron chi connectivity index (χ3n) is 9.86. The fraction of sp³-hybridized carbons (Fsp3) is 0. The van der Waals surface area contributed by atoms with Crippen LogP contribution in [0.25, 0.3) is 93.8 Å². The minimum absolute atomic E-state index is 0.192. The Morgan fingerprint density at radius 2 is 1.00 bits per heavy atom. The number of benzene rings is 9. The molecule has 51 heavy (non-hydrogen) atoms. The van der Waals surface area contributed by atoms with E-state index < -0.39 is 6.04 Å². The number of hydrogen-bond acceptors (Lipinski definition) is 1. The Balaban J connectivity index is 1.13. The van der Waals surface area contributed by atoms with E-state index in [9.17, 15) is 0 Å². The van der Waals surface area contributed by atoms with Gasteiger partial charge in [0.05, 0.1) is 17.9 Å². The van der Waals surface area contributed by atoms with Gasteiger partial charge < -0.3 is 0 Å². The molecule has 0 amide bonds. The Labute approximate surface area is 303 Å². The lowest BCUT2D eigenvalue weighted by Crippen LogP contribution is -1.98. The first-order valence-corrected chi connectivity index (χ1v) is 17.1. The van der Waals surface area contributed by atoms with Crippen LogP contribution in [0.5, 0.6) is 0 Å². The van der Waals surface area contributed by atoms with Crippen LogP contribution in [-0.4, -0.2) is 9.55 Å². The Morgan fingerprint density at radius 1 is 0.412 bits per heavy atom. The number of nitrogens with zero attached hydrogens (tertiary/aromatic N) is 2. The van der Waals surface area contributed by atoms with E-state index in [1.165, 1.54) is 10.8 Å². The van der Waals surface area contributed by atoms with Crippen LogP contribution in [0.2, 0.25) is 0 Å². The molecule has 0 fully saturated rings. The van der Waals surface area contributed by atoms with Crippen LogP contribution in [-0.2, 0) is 0 Å². The van der Waals surface area contributed by atoms with Crippen molar-refractivity contribution in [2.75, 3.05) is 0 Å². The topological polar surface area (TPSA) is 17.8 Å². The molecule has 0 saturated heterocycles. The third-order valence-corrected chi connectivity index (χ3v) is 9.86. The Kier molecular flexibility index (Phi) is 5.73. The van der Waals surface area contributed by atoms with Gasteiger partial charge in [0.15, 0.2) is 0 Å². The average Bonchev–Trinajstić information content (AvgIpc) is 3.64. The van der Waals surface area contributed by atoms with E-state index in [0.29, 0.717) is 5.56 Å². The van der Waals surface area contributed by atoms with Crippen LogP contribution in [0.1, 0.15) is 6.85 Å². The molecule has 1 aromatic heterocycles. The zero-order valence-corrected chi connectivity index (χ0v) is 27.5. The molecular weight excluding hydrogens is 617 g/mol. The van der Waals surface area contributed by atoms with Gasteiger partial charge in [-0.3, -0.25) is 4.57 Å². The molecule has 0 aliphatic rings. The summed E-state index contributed by atoms with van der Waals surface area (Å²) in [5.74, 6) is 0.872. The summed E-state index contributed by atoms with van der Waals surface area (Å²) in [6, 6.07) is 54.9. The van der Waals surface area contributed by atoms with Gasteiger partial charge in [-0.1, -0.05) is 164 Å². The number of hydrogen-bond donors (Lipinski definition) is 0. The van der Waals surface area contributed by atoms with Crippen LogP contribution in [0, 0.1) is 0 Å². The van der Waals surface area contributed by atoms with Gasteiger partial charge in [0.1, 0.15) is 5.82 Å². The molecule has 0 atom stereocenters. The molecule has 2 nitrogen and oxygen atoms in total. The summed E-state index contributed by atoms with van der Waals surface area (Å²) >= 11 is 0. The maximum atomic E-state index is 8.64. The minimum Gasteiger partial charge on any atom is -0.292 e. The quantitative estimate of drug-likeness (QED) is 0.169. The van der Waals surface area contributed by atoms with Gasteiger partial charge in [-0.15, -0.1) is 0 Å². The molecule has 2 heteroatoms. The van der Waals surface area contributed by atoms with Crippen LogP contribution in [0.15, 0.2) is 194 Å². The van der Waals surface area contributed by atoms with E-state index in [2.05, 4.69) is 126 Å². The molecule has 10 rings (SSSR count). The summed E-state index contributed by atoms with van der Waals surface area (Å²) < 4.78 is 44.2. The van der Waals surface area contributed by atoms with Gasteiger partial charge in [-0.2, -0.15) is 0 Å². The van der Waals surface area contributed by atoms with Crippen molar-refractivity contribution >= 4 is 43.4 Å². The zero-order chi connectivity index (χ0) is 38.1. The number of para-hydroxylation sites is 2. The highest BCUT2D eigenvalue weighted by molar-refractivity contribution is 6.21. The van der Waals surface area contributed by atoms with Crippen molar-refractivity contribution in [2.45, 2.75) is 0 Å². The number of aromatic nitrogens is 2. The average molecular weight is 654 g/mol. The number of imidazole rings is 1. The predicted molar refractivity (Wildman–Crippen MR) is 215 cm³/mol. The summed E-state index contributed by atoms with van der Waals surface area (Å²) in [6.45, 7) is 0. The first kappa shape index (κ1) is 24.4. The van der Waals surface area contributed by atoms with E-state index in [1.54, 1.807) is 0 Å². The molecular formula is C49H32N2. The van der Waals surface area contributed by atoms with E-state index >= 15 is 0 Å². The summed E-state index contributed by atoms with van der Waals surface area (Å²) in [5.41, 5.74) is 8.93. The Hall–Kier alpha value is -6.77. The maximum absolute atomic E-state index is 8.64. The largest absolute Gasteiger partial charge is 0.292 e. The standard InChI is InChI=1S/C49H32N2/c1-2-13-33(14-3-1)37-17-12-18-39(31-37)48-43-21-8-6-19-41(43)47(42-20-7-9-22-44(42)48)35-25-27-36(28-26-35)49-50-45-23-10-11-24-46(45)51(49)40-30-29-34-15-4-5-16-38(34)32-40/h1-32H/i1D,2D,3D,13D,14D. The Bertz CT molecular complexity index is 3120. The number of fused-ring (bicyclic) bond motifs is 4. The van der Waals surface area contributed by atoms with Crippen molar-refractivity contribution < 1.29 is 6.85 Å². The third kappa shape index (κ3) is 4.92. The van der Waals surface area contributed by atoms with Gasteiger partial charge in [0, 0.05) is 11.3 Å². The molecule has 0 aliphatic carbocycles. The normalized spacial score (nSPS) is 12.9. The summed E-state index contributed by atoms with van der Waals surface area (Å²) in [4.78, 5) is 5.15. The summed E-state index contributed by atoms with van der Waals surface area (Å²) in [6.07, 6.45) is 0. The highest BCUT2D eigenvalue weighted by atomic mass is 15.1. The van der Waals surface area contributed by atoms with Crippen molar-refractivity contribution in [3.63, 3.8) is 0 Å². The van der Waals surface area contributed by atoms with Crippen LogP contribution >= 0.6 is 0 Å². The van der Waals surface area contributed by atoms with E-state index in [4.69, 9.17) is 11.8 Å². The van der Waals surface area contributed by atoms with Crippen molar-refractivity contribution in [1.82, 2.24) is 9.55 Å². The second kappa shape index (κ2) is 12.0. The second-order valence-electron chi connectivity index (χ2n) is 12.8. The maximum Gasteiger partial charge on any atom is 0.145 e. The van der Waals surface area contributed by atoms with Crippen molar-refractivity contribution in [1.29, 1.82) is 0 Å². The smallest absolute Gasteiger partial charge is 0.145 e. The lowest BCUT2D eigenvalue weighted by Gasteiger charge is -2.18. The lowest BCUT2D eigenvalue weighted by molar-refractivity contribution is 1.11. The molecule has 0 radical (unpaired) electrons. The molecule has 10 aromatic rings. The van der Waals surface area contributed by atoms with Crippen molar-refractivity contribution in [3.05, 3.63) is 194 Å². The number of rotatable bonds is 5. The van der Waals surface area contributed by atoms with Gasteiger partial charge in [0.25, 0.3) is 0 Å². The minimum atomic E-state index is -0.399.